The van der Waals surface area contributed by atoms with E-state index in [1.807, 2.05) is 36.1 Å². The summed E-state index contributed by atoms with van der Waals surface area (Å²) in [6.45, 7) is 3.86. The molecule has 144 valence electrons. The number of hydrogen-bond acceptors (Lipinski definition) is 4. The molecule has 6 heteroatoms. The number of nitrogens with zero attached hydrogens (tertiary/aromatic N) is 1. The SMILES string of the molecule is CCN(CC1COc2ccccc2O1)C(=O)CC1CC2CCC(C1)N2.Cl. The van der Waals surface area contributed by atoms with Gasteiger partial charge < -0.3 is 19.7 Å². The number of halogens is 1. The van der Waals surface area contributed by atoms with Crippen molar-refractivity contribution in [3.05, 3.63) is 24.3 Å². The lowest BCUT2D eigenvalue weighted by atomic mass is 9.89. The highest BCUT2D eigenvalue weighted by molar-refractivity contribution is 5.85. The van der Waals surface area contributed by atoms with E-state index in [9.17, 15) is 4.79 Å². The van der Waals surface area contributed by atoms with E-state index >= 15 is 0 Å². The molecule has 0 spiro atoms. The molecule has 26 heavy (non-hydrogen) atoms. The summed E-state index contributed by atoms with van der Waals surface area (Å²) in [5, 5.41) is 3.65. The first-order valence-electron chi connectivity index (χ1n) is 9.63. The van der Waals surface area contributed by atoms with Crippen LogP contribution in [0.2, 0.25) is 0 Å². The number of rotatable bonds is 5. The molecular weight excluding hydrogens is 352 g/mol. The maximum atomic E-state index is 12.8. The largest absolute Gasteiger partial charge is 0.486 e. The monoisotopic (exact) mass is 380 g/mol. The van der Waals surface area contributed by atoms with Crippen molar-refractivity contribution in [1.82, 2.24) is 10.2 Å². The number of benzene rings is 1. The molecule has 0 saturated carbocycles. The first-order chi connectivity index (χ1) is 12.2. The van der Waals surface area contributed by atoms with Gasteiger partial charge in [0.15, 0.2) is 17.6 Å². The zero-order chi connectivity index (χ0) is 17.2. The molecular formula is C20H29ClN2O3. The smallest absolute Gasteiger partial charge is 0.222 e. The lowest BCUT2D eigenvalue weighted by Crippen LogP contribution is -2.45. The van der Waals surface area contributed by atoms with Crippen LogP contribution in [0.1, 0.15) is 39.0 Å². The average Bonchev–Trinajstić information content (AvgIpc) is 2.97. The summed E-state index contributed by atoms with van der Waals surface area (Å²) in [4.78, 5) is 14.7. The highest BCUT2D eigenvalue weighted by Gasteiger charge is 2.35. The van der Waals surface area contributed by atoms with Gasteiger partial charge in [0.25, 0.3) is 0 Å². The van der Waals surface area contributed by atoms with Gasteiger partial charge in [-0.15, -0.1) is 12.4 Å². The first kappa shape index (κ1) is 19.3. The summed E-state index contributed by atoms with van der Waals surface area (Å²) in [6.07, 6.45) is 5.43. The van der Waals surface area contributed by atoms with Crippen LogP contribution in [0.15, 0.2) is 24.3 Å². The van der Waals surface area contributed by atoms with Crippen molar-refractivity contribution < 1.29 is 14.3 Å². The van der Waals surface area contributed by atoms with Crippen molar-refractivity contribution in [2.75, 3.05) is 19.7 Å². The predicted octanol–water partition coefficient (Wildman–Crippen LogP) is 3.02. The van der Waals surface area contributed by atoms with E-state index in [4.69, 9.17) is 9.47 Å². The fourth-order valence-corrected chi connectivity index (χ4v) is 4.52. The highest BCUT2D eigenvalue weighted by atomic mass is 35.5. The Hall–Kier alpha value is -1.46. The van der Waals surface area contributed by atoms with E-state index in [-0.39, 0.29) is 24.4 Å². The predicted molar refractivity (Wildman–Crippen MR) is 103 cm³/mol. The van der Waals surface area contributed by atoms with Gasteiger partial charge in [-0.05, 0) is 50.7 Å². The third-order valence-electron chi connectivity index (χ3n) is 5.76. The maximum absolute atomic E-state index is 12.8. The summed E-state index contributed by atoms with van der Waals surface area (Å²) in [5.41, 5.74) is 0. The Balaban J connectivity index is 0.00000196. The van der Waals surface area contributed by atoms with E-state index in [2.05, 4.69) is 5.32 Å². The van der Waals surface area contributed by atoms with Crippen LogP contribution in [0.25, 0.3) is 0 Å². The Morgan fingerprint density at radius 1 is 1.19 bits per heavy atom. The Morgan fingerprint density at radius 3 is 2.58 bits per heavy atom. The highest BCUT2D eigenvalue weighted by Crippen LogP contribution is 2.33. The average molecular weight is 381 g/mol. The Kier molecular flexibility index (Phi) is 6.30. The van der Waals surface area contributed by atoms with Crippen LogP contribution >= 0.6 is 12.4 Å². The van der Waals surface area contributed by atoms with Crippen LogP contribution in [0.5, 0.6) is 11.5 Å². The Bertz CT molecular complexity index is 615. The fourth-order valence-electron chi connectivity index (χ4n) is 4.52. The number of piperidine rings is 1. The lowest BCUT2D eigenvalue weighted by molar-refractivity contribution is -0.133. The molecule has 3 heterocycles. The van der Waals surface area contributed by atoms with E-state index in [1.54, 1.807) is 0 Å². The second-order valence-corrected chi connectivity index (χ2v) is 7.61. The minimum Gasteiger partial charge on any atom is -0.486 e. The minimum absolute atomic E-state index is 0. The van der Waals surface area contributed by atoms with Gasteiger partial charge in [-0.2, -0.15) is 0 Å². The van der Waals surface area contributed by atoms with E-state index in [0.29, 0.717) is 37.6 Å². The van der Waals surface area contributed by atoms with Crippen LogP contribution in [0.4, 0.5) is 0 Å². The molecule has 1 aromatic rings. The summed E-state index contributed by atoms with van der Waals surface area (Å²) < 4.78 is 11.8. The molecule has 3 aliphatic heterocycles. The summed E-state index contributed by atoms with van der Waals surface area (Å²) in [6, 6.07) is 9.00. The number of fused-ring (bicyclic) bond motifs is 3. The molecule has 0 aliphatic carbocycles. The van der Waals surface area contributed by atoms with E-state index < -0.39 is 0 Å². The maximum Gasteiger partial charge on any atom is 0.222 e. The molecule has 3 aliphatic rings. The van der Waals surface area contributed by atoms with Crippen molar-refractivity contribution >= 4 is 18.3 Å². The fraction of sp³-hybridized carbons (Fsp3) is 0.650. The van der Waals surface area contributed by atoms with Crippen molar-refractivity contribution in [2.45, 2.75) is 57.2 Å². The number of carbonyl (C=O) groups is 1. The molecule has 3 unspecified atom stereocenters. The van der Waals surface area contributed by atoms with Gasteiger partial charge in [0.2, 0.25) is 5.91 Å². The van der Waals surface area contributed by atoms with Crippen molar-refractivity contribution in [3.63, 3.8) is 0 Å². The molecule has 2 fully saturated rings. The van der Waals surface area contributed by atoms with Crippen molar-refractivity contribution in [2.24, 2.45) is 5.92 Å². The number of nitrogens with one attached hydrogen (secondary N) is 1. The van der Waals surface area contributed by atoms with Gasteiger partial charge in [-0.25, -0.2) is 0 Å². The molecule has 0 radical (unpaired) electrons. The number of hydrogen-bond donors (Lipinski definition) is 1. The third-order valence-corrected chi connectivity index (χ3v) is 5.76. The lowest BCUT2D eigenvalue weighted by Gasteiger charge is -2.33. The van der Waals surface area contributed by atoms with Crippen LogP contribution in [0, 0.1) is 5.92 Å². The van der Waals surface area contributed by atoms with Gasteiger partial charge in [0.1, 0.15) is 6.61 Å². The molecule has 5 nitrogen and oxygen atoms in total. The molecule has 3 atom stereocenters. The normalized spacial score (nSPS) is 29.0. The van der Waals surface area contributed by atoms with Gasteiger partial charge >= 0.3 is 0 Å². The molecule has 1 aromatic carbocycles. The number of ether oxygens (including phenoxy) is 2. The molecule has 1 amide bonds. The molecule has 1 N–H and O–H groups in total. The minimum atomic E-state index is -0.0944. The number of likely N-dealkylation sites (N-methyl/N-ethyl adjacent to an activating group) is 1. The molecule has 4 rings (SSSR count). The van der Waals surface area contributed by atoms with Gasteiger partial charge in [-0.3, -0.25) is 4.79 Å². The summed E-state index contributed by atoms with van der Waals surface area (Å²) >= 11 is 0. The summed E-state index contributed by atoms with van der Waals surface area (Å²) in [5.74, 6) is 2.36. The zero-order valence-electron chi connectivity index (χ0n) is 15.4. The van der Waals surface area contributed by atoms with Crippen LogP contribution in [0.3, 0.4) is 0 Å². The van der Waals surface area contributed by atoms with Crippen LogP contribution in [-0.4, -0.2) is 48.7 Å². The second kappa shape index (κ2) is 8.49. The quantitative estimate of drug-likeness (QED) is 0.853. The number of amides is 1. The van der Waals surface area contributed by atoms with E-state index in [0.717, 1.165) is 30.9 Å². The van der Waals surface area contributed by atoms with Gasteiger partial charge in [0, 0.05) is 25.0 Å². The molecule has 2 saturated heterocycles. The Labute approximate surface area is 161 Å². The van der Waals surface area contributed by atoms with Gasteiger partial charge in [-0.1, -0.05) is 12.1 Å². The van der Waals surface area contributed by atoms with E-state index in [1.165, 1.54) is 12.8 Å². The standard InChI is InChI=1S/C20H28N2O3.ClH/c1-2-22(12-17-13-24-18-5-3-4-6-19(18)25-17)20(23)11-14-9-15-7-8-16(10-14)21-15;/h3-6,14-17,21H,2,7-13H2,1H3;1H. The Morgan fingerprint density at radius 2 is 1.88 bits per heavy atom. The van der Waals surface area contributed by atoms with Crippen LogP contribution < -0.4 is 14.8 Å². The number of para-hydroxylation sites is 2. The zero-order valence-corrected chi connectivity index (χ0v) is 16.2. The topological polar surface area (TPSA) is 50.8 Å². The van der Waals surface area contributed by atoms with Crippen LogP contribution in [-0.2, 0) is 4.79 Å². The summed E-state index contributed by atoms with van der Waals surface area (Å²) in [7, 11) is 0. The third kappa shape index (κ3) is 4.26. The second-order valence-electron chi connectivity index (χ2n) is 7.61. The van der Waals surface area contributed by atoms with Gasteiger partial charge in [0.05, 0.1) is 6.54 Å². The van der Waals surface area contributed by atoms with Crippen molar-refractivity contribution in [3.8, 4) is 11.5 Å². The molecule has 0 aromatic heterocycles. The number of carbonyl (C=O) groups excluding carboxylic acids is 1. The molecule has 2 bridgehead atoms. The van der Waals surface area contributed by atoms with Crippen molar-refractivity contribution in [1.29, 1.82) is 0 Å². The first-order valence-corrected chi connectivity index (χ1v) is 9.63.